The van der Waals surface area contributed by atoms with E-state index in [0.717, 1.165) is 22.8 Å². The highest BCUT2D eigenvalue weighted by Gasteiger charge is 2.20. The summed E-state index contributed by atoms with van der Waals surface area (Å²) in [5.74, 6) is 2.00. The fourth-order valence-electron chi connectivity index (χ4n) is 3.50. The van der Waals surface area contributed by atoms with E-state index in [-0.39, 0.29) is 5.91 Å². The maximum absolute atomic E-state index is 13.0. The molecule has 0 atom stereocenters. The van der Waals surface area contributed by atoms with Crippen LogP contribution in [0.5, 0.6) is 17.2 Å². The van der Waals surface area contributed by atoms with Gasteiger partial charge in [-0.3, -0.25) is 9.20 Å². The number of imidazole rings is 1. The van der Waals surface area contributed by atoms with E-state index in [1.807, 2.05) is 68.6 Å². The van der Waals surface area contributed by atoms with Gasteiger partial charge in [0.15, 0.2) is 22.9 Å². The average Bonchev–Trinajstić information content (AvgIpc) is 3.16. The molecule has 3 rings (SSSR count). The summed E-state index contributed by atoms with van der Waals surface area (Å²) in [6.07, 6.45) is 3.19. The largest absolute Gasteiger partial charge is 0.490 e. The van der Waals surface area contributed by atoms with Gasteiger partial charge >= 0.3 is 0 Å². The summed E-state index contributed by atoms with van der Waals surface area (Å²) in [7, 11) is 0. The summed E-state index contributed by atoms with van der Waals surface area (Å²) in [5.41, 5.74) is 3.05. The topological polar surface area (TPSA) is 74.1 Å². The molecule has 0 fully saturated rings. The Morgan fingerprint density at radius 2 is 1.68 bits per heavy atom. The standard InChI is InChI=1S/C24H31N3O4/c1-5-18-22(27-15-9-10-20(30-7-3)23(27)26-18)24(28)25-14-13-17-11-12-19(29-6-2)21(16-17)31-8-4/h9-12,15-16H,5-8,13-14H2,1-4H3,(H,25,28). The van der Waals surface area contributed by atoms with Crippen LogP contribution in [0.4, 0.5) is 0 Å². The minimum absolute atomic E-state index is 0.144. The monoisotopic (exact) mass is 425 g/mol. The van der Waals surface area contributed by atoms with Crippen LogP contribution < -0.4 is 19.5 Å². The number of amides is 1. The molecule has 0 saturated heterocycles. The van der Waals surface area contributed by atoms with Crippen molar-refractivity contribution < 1.29 is 19.0 Å². The molecule has 1 amide bonds. The first-order valence-corrected chi connectivity index (χ1v) is 10.9. The van der Waals surface area contributed by atoms with Crippen LogP contribution >= 0.6 is 0 Å². The zero-order chi connectivity index (χ0) is 22.2. The van der Waals surface area contributed by atoms with Crippen molar-refractivity contribution in [2.24, 2.45) is 0 Å². The summed E-state index contributed by atoms with van der Waals surface area (Å²) >= 11 is 0. The number of hydrogen-bond acceptors (Lipinski definition) is 5. The lowest BCUT2D eigenvalue weighted by Gasteiger charge is -2.13. The first kappa shape index (κ1) is 22.5. The second-order valence-corrected chi connectivity index (χ2v) is 6.91. The number of ether oxygens (including phenoxy) is 3. The Balaban J connectivity index is 1.73. The molecule has 7 heteroatoms. The number of rotatable bonds is 11. The number of benzene rings is 1. The van der Waals surface area contributed by atoms with Gasteiger partial charge in [0, 0.05) is 12.7 Å². The van der Waals surface area contributed by atoms with E-state index in [9.17, 15) is 4.79 Å². The Bertz CT molecular complexity index is 1030. The number of nitrogens with zero attached hydrogens (tertiary/aromatic N) is 2. The molecule has 2 aromatic heterocycles. The smallest absolute Gasteiger partial charge is 0.270 e. The molecular formula is C24H31N3O4. The van der Waals surface area contributed by atoms with Gasteiger partial charge in [0.05, 0.1) is 25.5 Å². The number of fused-ring (bicyclic) bond motifs is 1. The van der Waals surface area contributed by atoms with Crippen molar-refractivity contribution in [1.82, 2.24) is 14.7 Å². The lowest BCUT2D eigenvalue weighted by Crippen LogP contribution is -2.27. The Morgan fingerprint density at radius 1 is 0.968 bits per heavy atom. The van der Waals surface area contributed by atoms with E-state index in [4.69, 9.17) is 14.2 Å². The Morgan fingerprint density at radius 3 is 2.39 bits per heavy atom. The third-order valence-corrected chi connectivity index (χ3v) is 4.84. The SMILES string of the molecule is CCOc1ccc(CCNC(=O)c2c(CC)nc3c(OCC)cccn23)cc1OCC. The van der Waals surface area contributed by atoms with Crippen LogP contribution in [0.15, 0.2) is 36.5 Å². The lowest BCUT2D eigenvalue weighted by atomic mass is 10.1. The van der Waals surface area contributed by atoms with Crippen LogP contribution in [0, 0.1) is 0 Å². The molecule has 0 spiro atoms. The molecule has 31 heavy (non-hydrogen) atoms. The molecule has 0 aliphatic rings. The van der Waals surface area contributed by atoms with Gasteiger partial charge in [-0.05, 0) is 63.4 Å². The molecule has 1 aromatic carbocycles. The quantitative estimate of drug-likeness (QED) is 0.501. The number of carbonyl (C=O) groups excluding carboxylic acids is 1. The molecule has 1 N–H and O–H groups in total. The number of hydrogen-bond donors (Lipinski definition) is 1. The molecule has 0 aliphatic heterocycles. The fourth-order valence-corrected chi connectivity index (χ4v) is 3.50. The second kappa shape index (κ2) is 10.7. The molecular weight excluding hydrogens is 394 g/mol. The van der Waals surface area contributed by atoms with Crippen LogP contribution in [0.2, 0.25) is 0 Å². The summed E-state index contributed by atoms with van der Waals surface area (Å²) in [6, 6.07) is 9.63. The first-order chi connectivity index (χ1) is 15.1. The van der Waals surface area contributed by atoms with E-state index in [1.54, 1.807) is 0 Å². The summed E-state index contributed by atoms with van der Waals surface area (Å²) in [4.78, 5) is 17.7. The van der Waals surface area contributed by atoms with Crippen LogP contribution in [-0.4, -0.2) is 41.7 Å². The van der Waals surface area contributed by atoms with Gasteiger partial charge in [-0.2, -0.15) is 0 Å². The third kappa shape index (κ3) is 5.10. The normalized spacial score (nSPS) is 10.8. The highest BCUT2D eigenvalue weighted by atomic mass is 16.5. The van der Waals surface area contributed by atoms with E-state index in [2.05, 4.69) is 10.3 Å². The third-order valence-electron chi connectivity index (χ3n) is 4.84. The van der Waals surface area contributed by atoms with Crippen molar-refractivity contribution >= 4 is 11.6 Å². The number of carbonyl (C=O) groups is 1. The maximum Gasteiger partial charge on any atom is 0.270 e. The molecule has 0 unspecified atom stereocenters. The van der Waals surface area contributed by atoms with Crippen LogP contribution in [-0.2, 0) is 12.8 Å². The van der Waals surface area contributed by atoms with Crippen molar-refractivity contribution in [2.45, 2.75) is 40.5 Å². The van der Waals surface area contributed by atoms with E-state index >= 15 is 0 Å². The predicted octanol–water partition coefficient (Wildman–Crippen LogP) is 4.07. The van der Waals surface area contributed by atoms with Crippen molar-refractivity contribution in [3.63, 3.8) is 0 Å². The number of pyridine rings is 1. The summed E-state index contributed by atoms with van der Waals surface area (Å²) in [6.45, 7) is 10.0. The van der Waals surface area contributed by atoms with E-state index < -0.39 is 0 Å². The molecule has 0 bridgehead atoms. The number of nitrogens with one attached hydrogen (secondary N) is 1. The minimum Gasteiger partial charge on any atom is -0.490 e. The van der Waals surface area contributed by atoms with E-state index in [1.165, 1.54) is 0 Å². The van der Waals surface area contributed by atoms with Crippen molar-refractivity contribution in [1.29, 1.82) is 0 Å². The molecule has 2 heterocycles. The molecule has 7 nitrogen and oxygen atoms in total. The average molecular weight is 426 g/mol. The van der Waals surface area contributed by atoms with Gasteiger partial charge in [-0.1, -0.05) is 13.0 Å². The number of aromatic nitrogens is 2. The van der Waals surface area contributed by atoms with Crippen LogP contribution in [0.25, 0.3) is 5.65 Å². The highest BCUT2D eigenvalue weighted by Crippen LogP contribution is 2.28. The van der Waals surface area contributed by atoms with Gasteiger partial charge in [0.25, 0.3) is 5.91 Å². The van der Waals surface area contributed by atoms with Gasteiger partial charge in [-0.15, -0.1) is 0 Å². The van der Waals surface area contributed by atoms with Gasteiger partial charge in [0.2, 0.25) is 0 Å². The Labute approximate surface area is 183 Å². The lowest BCUT2D eigenvalue weighted by molar-refractivity contribution is 0.0947. The highest BCUT2D eigenvalue weighted by molar-refractivity contribution is 5.95. The van der Waals surface area contributed by atoms with Crippen LogP contribution in [0.3, 0.4) is 0 Å². The molecule has 3 aromatic rings. The zero-order valence-electron chi connectivity index (χ0n) is 18.7. The van der Waals surface area contributed by atoms with Crippen molar-refractivity contribution in [2.75, 3.05) is 26.4 Å². The van der Waals surface area contributed by atoms with Crippen molar-refractivity contribution in [3.8, 4) is 17.2 Å². The Hall–Kier alpha value is -3.22. The first-order valence-electron chi connectivity index (χ1n) is 10.9. The minimum atomic E-state index is -0.144. The molecule has 166 valence electrons. The summed E-state index contributed by atoms with van der Waals surface area (Å²) < 4.78 is 18.8. The van der Waals surface area contributed by atoms with Gasteiger partial charge < -0.3 is 19.5 Å². The zero-order valence-corrected chi connectivity index (χ0v) is 18.7. The molecule has 0 aliphatic carbocycles. The van der Waals surface area contributed by atoms with Crippen molar-refractivity contribution in [3.05, 3.63) is 53.5 Å². The van der Waals surface area contributed by atoms with Gasteiger partial charge in [0.1, 0.15) is 5.69 Å². The maximum atomic E-state index is 13.0. The second-order valence-electron chi connectivity index (χ2n) is 6.91. The van der Waals surface area contributed by atoms with E-state index in [0.29, 0.717) is 56.3 Å². The van der Waals surface area contributed by atoms with Crippen LogP contribution in [0.1, 0.15) is 49.4 Å². The van der Waals surface area contributed by atoms with Gasteiger partial charge in [-0.25, -0.2) is 4.98 Å². The molecule has 0 saturated carbocycles. The fraction of sp³-hybridized carbons (Fsp3) is 0.417. The molecule has 0 radical (unpaired) electrons. The number of aryl methyl sites for hydroxylation is 1. The predicted molar refractivity (Wildman–Crippen MR) is 121 cm³/mol. The Kier molecular flexibility index (Phi) is 7.76. The summed E-state index contributed by atoms with van der Waals surface area (Å²) in [5, 5.41) is 3.03.